The lowest BCUT2D eigenvalue weighted by molar-refractivity contribution is -0.146. The SMILES string of the molecule is CCCC(CCC)C(=O)CC(=O)OCCSSCCOC(=O)NC(=O)N1c2ccccc2C=Cc2ccccc21. The van der Waals surface area contributed by atoms with Crippen LogP contribution < -0.4 is 10.2 Å². The number of esters is 1. The number of Topliss-reactive ketones (excluding diaryl/α,β-unsaturated/α-hetero) is 1. The summed E-state index contributed by atoms with van der Waals surface area (Å²) >= 11 is 0. The summed E-state index contributed by atoms with van der Waals surface area (Å²) in [5.41, 5.74) is 3.02. The molecule has 1 aliphatic heterocycles. The molecule has 40 heavy (non-hydrogen) atoms. The molecule has 0 bridgehead atoms. The van der Waals surface area contributed by atoms with Crippen LogP contribution in [0.3, 0.4) is 0 Å². The van der Waals surface area contributed by atoms with Gasteiger partial charge in [-0.1, -0.05) is 96.8 Å². The molecular formula is C30H36N2O6S2. The van der Waals surface area contributed by atoms with E-state index in [1.165, 1.54) is 26.5 Å². The summed E-state index contributed by atoms with van der Waals surface area (Å²) < 4.78 is 10.4. The molecule has 0 radical (unpaired) electrons. The predicted molar refractivity (Wildman–Crippen MR) is 163 cm³/mol. The number of hydrogen-bond donors (Lipinski definition) is 1. The number of nitrogens with one attached hydrogen (secondary N) is 1. The third-order valence-corrected chi connectivity index (χ3v) is 8.50. The minimum absolute atomic E-state index is 0.0365. The van der Waals surface area contributed by atoms with Gasteiger partial charge in [-0.15, -0.1) is 0 Å². The fourth-order valence-electron chi connectivity index (χ4n) is 4.35. The Morgan fingerprint density at radius 3 is 1.88 bits per heavy atom. The highest BCUT2D eigenvalue weighted by Gasteiger charge is 2.25. The van der Waals surface area contributed by atoms with Crippen LogP contribution in [0.2, 0.25) is 0 Å². The molecule has 0 fully saturated rings. The standard InChI is InChI=1S/C30H36N2O6S2/c1-3-9-24(10-4-2)27(33)21-28(34)37-17-19-39-40-20-18-38-30(36)31-29(35)32-25-13-7-5-11-22(25)15-16-23-12-6-8-14-26(23)32/h5-8,11-16,24H,3-4,9-10,17-21H2,1-2H3,(H,31,35,36). The molecule has 0 aromatic heterocycles. The van der Waals surface area contributed by atoms with Crippen molar-refractivity contribution in [3.8, 4) is 0 Å². The number of ether oxygens (including phenoxy) is 2. The molecule has 0 unspecified atom stereocenters. The number of rotatable bonds is 14. The number of carbonyl (C=O) groups is 4. The van der Waals surface area contributed by atoms with E-state index in [1.54, 1.807) is 0 Å². The van der Waals surface area contributed by atoms with Crippen molar-refractivity contribution in [3.05, 3.63) is 59.7 Å². The number of para-hydroxylation sites is 2. The van der Waals surface area contributed by atoms with E-state index in [0.29, 0.717) is 22.9 Å². The number of anilines is 2. The van der Waals surface area contributed by atoms with Crippen molar-refractivity contribution in [1.82, 2.24) is 5.32 Å². The largest absolute Gasteiger partial charge is 0.464 e. The first-order valence-corrected chi connectivity index (χ1v) is 16.0. The summed E-state index contributed by atoms with van der Waals surface area (Å²) in [5, 5.41) is 2.32. The van der Waals surface area contributed by atoms with Gasteiger partial charge in [-0.05, 0) is 36.1 Å². The topological polar surface area (TPSA) is 102 Å². The Bertz CT molecular complexity index is 1150. The number of amides is 3. The second-order valence-corrected chi connectivity index (χ2v) is 11.8. The Morgan fingerprint density at radius 1 is 0.800 bits per heavy atom. The Balaban J connectivity index is 1.34. The third-order valence-electron chi connectivity index (χ3n) is 6.17. The maximum atomic E-state index is 13.1. The minimum Gasteiger partial charge on any atom is -0.464 e. The van der Waals surface area contributed by atoms with E-state index in [4.69, 9.17) is 9.47 Å². The predicted octanol–water partition coefficient (Wildman–Crippen LogP) is 7.25. The van der Waals surface area contributed by atoms with E-state index in [2.05, 4.69) is 5.32 Å². The number of alkyl carbamates (subject to hydrolysis) is 1. The fraction of sp³-hybridized carbons (Fsp3) is 0.400. The molecule has 1 aliphatic rings. The molecule has 3 amide bonds. The maximum absolute atomic E-state index is 13.1. The zero-order valence-corrected chi connectivity index (χ0v) is 24.6. The molecule has 8 nitrogen and oxygen atoms in total. The third kappa shape index (κ3) is 9.45. The quantitative estimate of drug-likeness (QED) is 0.107. The molecule has 214 valence electrons. The van der Waals surface area contributed by atoms with Crippen LogP contribution in [0, 0.1) is 5.92 Å². The van der Waals surface area contributed by atoms with Crippen molar-refractivity contribution in [3.63, 3.8) is 0 Å². The highest BCUT2D eigenvalue weighted by Crippen LogP contribution is 2.36. The molecule has 0 atom stereocenters. The first-order chi connectivity index (χ1) is 19.4. The van der Waals surface area contributed by atoms with Crippen LogP contribution in [-0.4, -0.2) is 48.6 Å². The monoisotopic (exact) mass is 584 g/mol. The van der Waals surface area contributed by atoms with E-state index in [0.717, 1.165) is 36.8 Å². The normalized spacial score (nSPS) is 11.8. The van der Waals surface area contributed by atoms with Gasteiger partial charge in [0.05, 0.1) is 11.4 Å². The lowest BCUT2D eigenvalue weighted by Crippen LogP contribution is -2.41. The molecule has 0 aliphatic carbocycles. The van der Waals surface area contributed by atoms with Gasteiger partial charge < -0.3 is 9.47 Å². The van der Waals surface area contributed by atoms with Gasteiger partial charge in [0.25, 0.3) is 0 Å². The van der Waals surface area contributed by atoms with E-state index < -0.39 is 18.1 Å². The Kier molecular flexibility index (Phi) is 13.1. The summed E-state index contributed by atoms with van der Waals surface area (Å²) in [6.07, 6.45) is 6.31. The number of hydrogen-bond acceptors (Lipinski definition) is 8. The van der Waals surface area contributed by atoms with Crippen molar-refractivity contribution in [1.29, 1.82) is 0 Å². The van der Waals surface area contributed by atoms with Crippen LogP contribution in [0.5, 0.6) is 0 Å². The van der Waals surface area contributed by atoms with Crippen LogP contribution >= 0.6 is 21.6 Å². The Morgan fingerprint density at radius 2 is 1.32 bits per heavy atom. The van der Waals surface area contributed by atoms with Gasteiger partial charge in [-0.2, -0.15) is 0 Å². The molecular weight excluding hydrogens is 548 g/mol. The highest BCUT2D eigenvalue weighted by atomic mass is 33.1. The van der Waals surface area contributed by atoms with Crippen LogP contribution in [-0.2, 0) is 19.1 Å². The summed E-state index contributed by atoms with van der Waals surface area (Å²) in [7, 11) is 2.93. The zero-order valence-electron chi connectivity index (χ0n) is 22.9. The smallest absolute Gasteiger partial charge is 0.415 e. The Hall–Kier alpha value is -3.24. The number of ketones is 1. The van der Waals surface area contributed by atoms with E-state index in [9.17, 15) is 19.2 Å². The van der Waals surface area contributed by atoms with Crippen LogP contribution in [0.25, 0.3) is 12.2 Å². The number of fused-ring (bicyclic) bond motifs is 2. The fourth-order valence-corrected chi connectivity index (χ4v) is 6.00. The van der Waals surface area contributed by atoms with Crippen molar-refractivity contribution in [2.75, 3.05) is 29.6 Å². The first kappa shape index (κ1) is 31.3. The van der Waals surface area contributed by atoms with Crippen molar-refractivity contribution >= 4 is 69.0 Å². The van der Waals surface area contributed by atoms with Crippen LogP contribution in [0.15, 0.2) is 48.5 Å². The lowest BCUT2D eigenvalue weighted by Gasteiger charge is -2.24. The number of imide groups is 1. The number of carbonyl (C=O) groups excluding carboxylic acids is 4. The Labute approximate surface area is 243 Å². The molecule has 2 aromatic rings. The van der Waals surface area contributed by atoms with Crippen LogP contribution in [0.1, 0.15) is 57.1 Å². The lowest BCUT2D eigenvalue weighted by atomic mass is 9.92. The van der Waals surface area contributed by atoms with Gasteiger partial charge in [-0.25, -0.2) is 14.9 Å². The van der Waals surface area contributed by atoms with Gasteiger partial charge in [0.15, 0.2) is 0 Å². The molecule has 3 rings (SSSR count). The van der Waals surface area contributed by atoms with Gasteiger partial charge in [0.2, 0.25) is 0 Å². The highest BCUT2D eigenvalue weighted by molar-refractivity contribution is 8.76. The van der Waals surface area contributed by atoms with Crippen molar-refractivity contribution in [2.45, 2.75) is 46.0 Å². The van der Waals surface area contributed by atoms with E-state index in [-0.39, 0.29) is 31.3 Å². The molecule has 10 heteroatoms. The van der Waals surface area contributed by atoms with Gasteiger partial charge in [0, 0.05) is 17.4 Å². The molecule has 1 heterocycles. The van der Waals surface area contributed by atoms with Gasteiger partial charge in [-0.3, -0.25) is 14.5 Å². The number of urea groups is 1. The summed E-state index contributed by atoms with van der Waals surface area (Å²) in [5.74, 6) is 0.458. The van der Waals surface area contributed by atoms with Crippen LogP contribution in [0.4, 0.5) is 21.0 Å². The van der Waals surface area contributed by atoms with Gasteiger partial charge in [0.1, 0.15) is 25.4 Å². The average Bonchev–Trinajstić information content (AvgIpc) is 3.11. The first-order valence-electron chi connectivity index (χ1n) is 13.5. The van der Waals surface area contributed by atoms with Crippen molar-refractivity contribution < 1.29 is 28.7 Å². The second kappa shape index (κ2) is 16.8. The second-order valence-electron chi connectivity index (χ2n) is 9.13. The number of nitrogens with zero attached hydrogens (tertiary/aromatic N) is 1. The molecule has 0 saturated heterocycles. The molecule has 2 aromatic carbocycles. The van der Waals surface area contributed by atoms with E-state index in [1.807, 2.05) is 74.5 Å². The molecule has 0 spiro atoms. The summed E-state index contributed by atoms with van der Waals surface area (Å²) in [6, 6.07) is 14.3. The minimum atomic E-state index is -0.828. The molecule has 0 saturated carbocycles. The number of benzene rings is 2. The van der Waals surface area contributed by atoms with E-state index >= 15 is 0 Å². The zero-order chi connectivity index (χ0) is 28.7. The summed E-state index contributed by atoms with van der Waals surface area (Å²) in [6.45, 7) is 4.38. The molecule has 1 N–H and O–H groups in total. The van der Waals surface area contributed by atoms with Crippen molar-refractivity contribution in [2.24, 2.45) is 5.92 Å². The van der Waals surface area contributed by atoms with Gasteiger partial charge >= 0.3 is 18.1 Å². The summed E-state index contributed by atoms with van der Waals surface area (Å²) in [4.78, 5) is 51.2. The maximum Gasteiger partial charge on any atom is 0.415 e. The average molecular weight is 585 g/mol.